The third kappa shape index (κ3) is 4.40. The maximum atomic E-state index is 12.0. The van der Waals surface area contributed by atoms with Crippen molar-refractivity contribution in [3.63, 3.8) is 0 Å². The van der Waals surface area contributed by atoms with Crippen molar-refractivity contribution in [1.29, 1.82) is 0 Å². The van der Waals surface area contributed by atoms with Crippen LogP contribution in [0.25, 0.3) is 0 Å². The summed E-state index contributed by atoms with van der Waals surface area (Å²) in [6.45, 7) is 1.45. The summed E-state index contributed by atoms with van der Waals surface area (Å²) in [4.78, 5) is 0. The Morgan fingerprint density at radius 1 is 1.16 bits per heavy atom. The Morgan fingerprint density at radius 2 is 1.84 bits per heavy atom. The Morgan fingerprint density at radius 3 is 2.42 bits per heavy atom. The summed E-state index contributed by atoms with van der Waals surface area (Å²) in [5.41, 5.74) is 0. The molecule has 112 valence electrons. The molecule has 2 aliphatic heterocycles. The highest BCUT2D eigenvalue weighted by Crippen LogP contribution is 2.18. The van der Waals surface area contributed by atoms with Gasteiger partial charge < -0.3 is 5.32 Å². The molecule has 2 fully saturated rings. The first-order valence-electron chi connectivity index (χ1n) is 6.81. The van der Waals surface area contributed by atoms with Crippen LogP contribution < -0.4 is 10.0 Å². The van der Waals surface area contributed by atoms with E-state index in [9.17, 15) is 16.8 Å². The molecule has 2 heterocycles. The van der Waals surface area contributed by atoms with Crippen LogP contribution >= 0.6 is 0 Å². The summed E-state index contributed by atoms with van der Waals surface area (Å²) in [6.07, 6.45) is 3.49. The smallest absolute Gasteiger partial charge is 0.214 e. The van der Waals surface area contributed by atoms with E-state index in [0.29, 0.717) is 12.6 Å². The van der Waals surface area contributed by atoms with Gasteiger partial charge in [0.1, 0.15) is 9.84 Å². The molecule has 2 N–H and O–H groups in total. The second kappa shape index (κ2) is 6.07. The van der Waals surface area contributed by atoms with Crippen molar-refractivity contribution < 1.29 is 16.8 Å². The molecule has 0 bridgehead atoms. The highest BCUT2D eigenvalue weighted by molar-refractivity contribution is 7.92. The van der Waals surface area contributed by atoms with Crippen LogP contribution in [-0.2, 0) is 19.9 Å². The molecule has 6 nitrogen and oxygen atoms in total. The minimum Gasteiger partial charge on any atom is -0.314 e. The average Bonchev–Trinajstić information content (AvgIpc) is 2.81. The molecule has 0 aromatic carbocycles. The number of sulfone groups is 1. The molecule has 0 unspecified atom stereocenters. The Balaban J connectivity index is 1.78. The van der Waals surface area contributed by atoms with Crippen LogP contribution in [0.1, 0.15) is 32.1 Å². The Kier molecular flexibility index (Phi) is 4.86. The molecule has 0 amide bonds. The van der Waals surface area contributed by atoms with Gasteiger partial charge in [0.05, 0.1) is 16.8 Å². The van der Waals surface area contributed by atoms with Crippen LogP contribution in [-0.4, -0.2) is 52.7 Å². The molecule has 0 aromatic rings. The number of hydrogen-bond donors (Lipinski definition) is 2. The van der Waals surface area contributed by atoms with Crippen molar-refractivity contribution in [1.82, 2.24) is 10.0 Å². The fourth-order valence-corrected chi connectivity index (χ4v) is 5.96. The van der Waals surface area contributed by atoms with Crippen molar-refractivity contribution in [3.05, 3.63) is 0 Å². The Hall–Kier alpha value is -0.180. The highest BCUT2D eigenvalue weighted by atomic mass is 32.2. The molecule has 2 rings (SSSR count). The summed E-state index contributed by atoms with van der Waals surface area (Å²) in [7, 11) is -6.38. The van der Waals surface area contributed by atoms with E-state index in [-0.39, 0.29) is 24.3 Å². The number of hydrogen-bond acceptors (Lipinski definition) is 5. The van der Waals surface area contributed by atoms with Crippen LogP contribution in [0.4, 0.5) is 0 Å². The van der Waals surface area contributed by atoms with Gasteiger partial charge in [0.15, 0.2) is 0 Å². The van der Waals surface area contributed by atoms with Gasteiger partial charge in [-0.3, -0.25) is 0 Å². The van der Waals surface area contributed by atoms with Gasteiger partial charge in [-0.2, -0.15) is 0 Å². The molecule has 0 saturated carbocycles. The summed E-state index contributed by atoms with van der Waals surface area (Å²) in [6, 6.07) is 0.412. The molecule has 0 radical (unpaired) electrons. The first-order chi connectivity index (χ1) is 8.89. The average molecular weight is 310 g/mol. The molecule has 1 atom stereocenters. The maximum absolute atomic E-state index is 12.0. The Bertz CT molecular complexity index is 481. The third-order valence-corrected chi connectivity index (χ3v) is 7.57. The molecule has 0 aliphatic carbocycles. The first-order valence-corrected chi connectivity index (χ1v) is 10.2. The fraction of sp³-hybridized carbons (Fsp3) is 1.00. The Labute approximate surface area is 115 Å². The van der Waals surface area contributed by atoms with E-state index < -0.39 is 25.1 Å². The molecular formula is C11H22N2O4S2. The molecule has 2 aliphatic rings. The van der Waals surface area contributed by atoms with Crippen LogP contribution in [0.2, 0.25) is 0 Å². The lowest BCUT2D eigenvalue weighted by atomic mass is 10.2. The molecule has 8 heteroatoms. The van der Waals surface area contributed by atoms with Gasteiger partial charge in [0.2, 0.25) is 10.0 Å². The van der Waals surface area contributed by atoms with Gasteiger partial charge in [0.25, 0.3) is 0 Å². The van der Waals surface area contributed by atoms with Gasteiger partial charge in [0, 0.05) is 12.6 Å². The quantitative estimate of drug-likeness (QED) is 0.722. The molecule has 0 spiro atoms. The predicted molar refractivity (Wildman–Crippen MR) is 74.2 cm³/mol. The van der Waals surface area contributed by atoms with Crippen LogP contribution in [0, 0.1) is 0 Å². The lowest BCUT2D eigenvalue weighted by Crippen LogP contribution is -2.41. The summed E-state index contributed by atoms with van der Waals surface area (Å²) < 4.78 is 49.3. The van der Waals surface area contributed by atoms with Gasteiger partial charge in [-0.25, -0.2) is 21.6 Å². The molecular weight excluding hydrogens is 288 g/mol. The minimum absolute atomic E-state index is 0.0112. The molecule has 2 saturated heterocycles. The summed E-state index contributed by atoms with van der Waals surface area (Å²) in [5.74, 6) is -0.0223. The van der Waals surface area contributed by atoms with Gasteiger partial charge in [-0.05, 0) is 38.6 Å². The standard InChI is InChI=1S/C11H22N2O4S2/c14-18(15)8-4-11(5-9-18)19(16,17)13-7-3-10-2-1-6-12-10/h10-13H,1-9H2/t10-/m0/s1. The SMILES string of the molecule is O=S1(=O)CCC(S(=O)(=O)NCC[C@@H]2CCCN2)CC1. The number of rotatable bonds is 5. The van der Waals surface area contributed by atoms with Crippen molar-refractivity contribution in [2.45, 2.75) is 43.4 Å². The zero-order valence-corrected chi connectivity index (χ0v) is 12.6. The van der Waals surface area contributed by atoms with Gasteiger partial charge in [-0.15, -0.1) is 0 Å². The van der Waals surface area contributed by atoms with Crippen molar-refractivity contribution in [2.24, 2.45) is 0 Å². The van der Waals surface area contributed by atoms with E-state index in [1.807, 2.05) is 0 Å². The number of nitrogens with one attached hydrogen (secondary N) is 2. The van der Waals surface area contributed by atoms with Crippen LogP contribution in [0.15, 0.2) is 0 Å². The lowest BCUT2D eigenvalue weighted by Gasteiger charge is -2.22. The minimum atomic E-state index is -3.37. The van der Waals surface area contributed by atoms with Gasteiger partial charge >= 0.3 is 0 Å². The summed E-state index contributed by atoms with van der Waals surface area (Å²) >= 11 is 0. The van der Waals surface area contributed by atoms with Crippen molar-refractivity contribution in [3.8, 4) is 0 Å². The normalized spacial score (nSPS) is 28.5. The van der Waals surface area contributed by atoms with E-state index in [1.54, 1.807) is 0 Å². The fourth-order valence-electron chi connectivity index (χ4n) is 2.68. The topological polar surface area (TPSA) is 92.3 Å². The third-order valence-electron chi connectivity index (χ3n) is 3.90. The van der Waals surface area contributed by atoms with Crippen molar-refractivity contribution >= 4 is 19.9 Å². The zero-order chi connectivity index (χ0) is 13.9. The second-order valence-corrected chi connectivity index (χ2v) is 9.72. The van der Waals surface area contributed by atoms with Crippen LogP contribution in [0.3, 0.4) is 0 Å². The van der Waals surface area contributed by atoms with E-state index in [1.165, 1.54) is 0 Å². The van der Waals surface area contributed by atoms with E-state index >= 15 is 0 Å². The summed E-state index contributed by atoms with van der Waals surface area (Å²) in [5, 5.41) is 2.77. The van der Waals surface area contributed by atoms with E-state index in [4.69, 9.17) is 0 Å². The molecule has 19 heavy (non-hydrogen) atoms. The zero-order valence-electron chi connectivity index (χ0n) is 11.0. The van der Waals surface area contributed by atoms with Crippen LogP contribution in [0.5, 0.6) is 0 Å². The first kappa shape index (κ1) is 15.2. The predicted octanol–water partition coefficient (Wildman–Crippen LogP) is -0.375. The van der Waals surface area contributed by atoms with E-state index in [0.717, 1.165) is 25.8 Å². The molecule has 0 aromatic heterocycles. The number of sulfonamides is 1. The highest BCUT2D eigenvalue weighted by Gasteiger charge is 2.32. The van der Waals surface area contributed by atoms with E-state index in [2.05, 4.69) is 10.0 Å². The maximum Gasteiger partial charge on any atom is 0.214 e. The second-order valence-electron chi connectivity index (χ2n) is 5.37. The monoisotopic (exact) mass is 310 g/mol. The van der Waals surface area contributed by atoms with Gasteiger partial charge in [-0.1, -0.05) is 0 Å². The lowest BCUT2D eigenvalue weighted by molar-refractivity contribution is 0.524. The van der Waals surface area contributed by atoms with Crippen molar-refractivity contribution in [2.75, 3.05) is 24.6 Å². The largest absolute Gasteiger partial charge is 0.314 e.